The Kier molecular flexibility index (Phi) is 3.00. The number of hydrogen-bond donors (Lipinski definition) is 1. The van der Waals surface area contributed by atoms with E-state index < -0.39 is 12.1 Å². The fraction of sp³-hybridized carbons (Fsp3) is 0.286. The minimum absolute atomic E-state index is 0.263. The maximum absolute atomic E-state index is 11.7. The summed E-state index contributed by atoms with van der Waals surface area (Å²) in [5.41, 5.74) is 0.317. The van der Waals surface area contributed by atoms with Crippen LogP contribution in [0.5, 0.6) is 0 Å². The number of carbonyl (C=O) groups excluding carboxylic acids is 1. The molecule has 14 heavy (non-hydrogen) atoms. The lowest BCUT2D eigenvalue weighted by molar-refractivity contribution is -0.173. The third-order valence-corrected chi connectivity index (χ3v) is 1.33. The second-order valence-corrected chi connectivity index (χ2v) is 2.38. The first kappa shape index (κ1) is 10.4. The standard InChI is InChI=1S/C7H6F3N3O/c8-7(9,10)6(14)12-3-5-1-2-11-4-13-5/h1-2,4H,3H2,(H,12,14). The molecule has 1 rings (SSSR count). The predicted molar refractivity (Wildman–Crippen MR) is 39.9 cm³/mol. The lowest BCUT2D eigenvalue weighted by atomic mass is 10.4. The van der Waals surface area contributed by atoms with Crippen molar-refractivity contribution in [3.8, 4) is 0 Å². The molecule has 1 N–H and O–H groups in total. The molecule has 76 valence electrons. The molecule has 0 aliphatic carbocycles. The van der Waals surface area contributed by atoms with Gasteiger partial charge < -0.3 is 5.32 Å². The largest absolute Gasteiger partial charge is 0.471 e. The van der Waals surface area contributed by atoms with E-state index in [9.17, 15) is 18.0 Å². The van der Waals surface area contributed by atoms with Crippen LogP contribution in [0.4, 0.5) is 13.2 Å². The van der Waals surface area contributed by atoms with Crippen LogP contribution in [0, 0.1) is 0 Å². The fourth-order valence-electron chi connectivity index (χ4n) is 0.694. The summed E-state index contributed by atoms with van der Waals surface area (Å²) in [6.07, 6.45) is -2.29. The van der Waals surface area contributed by atoms with Gasteiger partial charge in [0.15, 0.2) is 0 Å². The molecule has 0 aliphatic rings. The van der Waals surface area contributed by atoms with Gasteiger partial charge in [-0.3, -0.25) is 4.79 Å². The van der Waals surface area contributed by atoms with E-state index in [1.807, 2.05) is 0 Å². The van der Waals surface area contributed by atoms with Gasteiger partial charge in [-0.2, -0.15) is 13.2 Å². The Morgan fingerprint density at radius 2 is 2.21 bits per heavy atom. The highest BCUT2D eigenvalue weighted by Crippen LogP contribution is 2.14. The van der Waals surface area contributed by atoms with Gasteiger partial charge in [-0.05, 0) is 6.07 Å². The molecule has 0 unspecified atom stereocenters. The average Bonchev–Trinajstić information content (AvgIpc) is 2.14. The zero-order chi connectivity index (χ0) is 10.6. The van der Waals surface area contributed by atoms with Gasteiger partial charge in [0.25, 0.3) is 0 Å². The number of amides is 1. The van der Waals surface area contributed by atoms with E-state index in [0.717, 1.165) is 0 Å². The minimum Gasteiger partial charge on any atom is -0.343 e. The highest BCUT2D eigenvalue weighted by Gasteiger charge is 2.38. The Labute approximate surface area is 77.2 Å². The molecule has 0 fully saturated rings. The van der Waals surface area contributed by atoms with E-state index in [-0.39, 0.29) is 6.54 Å². The quantitative estimate of drug-likeness (QED) is 0.771. The molecule has 0 spiro atoms. The van der Waals surface area contributed by atoms with Gasteiger partial charge in [0, 0.05) is 6.20 Å². The Morgan fingerprint density at radius 1 is 1.50 bits per heavy atom. The molecular weight excluding hydrogens is 199 g/mol. The third-order valence-electron chi connectivity index (χ3n) is 1.33. The smallest absolute Gasteiger partial charge is 0.343 e. The summed E-state index contributed by atoms with van der Waals surface area (Å²) in [6.45, 7) is -0.263. The number of hydrogen-bond acceptors (Lipinski definition) is 3. The molecule has 0 bridgehead atoms. The zero-order valence-electron chi connectivity index (χ0n) is 6.88. The van der Waals surface area contributed by atoms with Crippen molar-refractivity contribution in [1.82, 2.24) is 15.3 Å². The summed E-state index contributed by atoms with van der Waals surface area (Å²) in [7, 11) is 0. The van der Waals surface area contributed by atoms with Crippen molar-refractivity contribution in [2.24, 2.45) is 0 Å². The molecule has 0 radical (unpaired) electrons. The van der Waals surface area contributed by atoms with Gasteiger partial charge >= 0.3 is 12.1 Å². The molecule has 1 amide bonds. The highest BCUT2D eigenvalue weighted by molar-refractivity contribution is 5.81. The van der Waals surface area contributed by atoms with Gasteiger partial charge in [-0.1, -0.05) is 0 Å². The predicted octanol–water partition coefficient (Wildman–Crippen LogP) is 0.655. The first-order valence-electron chi connectivity index (χ1n) is 3.60. The molecule has 7 heteroatoms. The van der Waals surface area contributed by atoms with Gasteiger partial charge in [-0.15, -0.1) is 0 Å². The Hall–Kier alpha value is -1.66. The molecule has 1 aromatic heterocycles. The molecule has 0 aromatic carbocycles. The van der Waals surface area contributed by atoms with Gasteiger partial charge in [-0.25, -0.2) is 9.97 Å². The lowest BCUT2D eigenvalue weighted by Crippen LogP contribution is -2.36. The van der Waals surface area contributed by atoms with Crippen LogP contribution < -0.4 is 5.32 Å². The van der Waals surface area contributed by atoms with Crippen LogP contribution >= 0.6 is 0 Å². The Bertz CT molecular complexity index is 312. The first-order valence-corrected chi connectivity index (χ1v) is 3.60. The van der Waals surface area contributed by atoms with E-state index in [4.69, 9.17) is 0 Å². The number of rotatable bonds is 2. The third kappa shape index (κ3) is 3.00. The molecule has 4 nitrogen and oxygen atoms in total. The normalized spacial score (nSPS) is 11.1. The van der Waals surface area contributed by atoms with Crippen LogP contribution in [0.1, 0.15) is 5.69 Å². The fourth-order valence-corrected chi connectivity index (χ4v) is 0.694. The average molecular weight is 205 g/mol. The molecule has 0 atom stereocenters. The molecule has 1 aromatic rings. The van der Waals surface area contributed by atoms with Crippen molar-refractivity contribution in [3.63, 3.8) is 0 Å². The zero-order valence-corrected chi connectivity index (χ0v) is 6.88. The molecule has 1 heterocycles. The number of carbonyl (C=O) groups is 1. The van der Waals surface area contributed by atoms with Crippen molar-refractivity contribution in [1.29, 1.82) is 0 Å². The summed E-state index contributed by atoms with van der Waals surface area (Å²) in [4.78, 5) is 17.6. The van der Waals surface area contributed by atoms with Crippen LogP contribution in [0.2, 0.25) is 0 Å². The molecular formula is C7H6F3N3O. The van der Waals surface area contributed by atoms with Crippen LogP contribution in [-0.2, 0) is 11.3 Å². The van der Waals surface area contributed by atoms with Gasteiger partial charge in [0.2, 0.25) is 0 Å². The van der Waals surface area contributed by atoms with E-state index in [0.29, 0.717) is 5.69 Å². The van der Waals surface area contributed by atoms with Crippen LogP contribution in [0.15, 0.2) is 18.6 Å². The van der Waals surface area contributed by atoms with Crippen molar-refractivity contribution < 1.29 is 18.0 Å². The monoisotopic (exact) mass is 205 g/mol. The SMILES string of the molecule is O=C(NCc1ccncn1)C(F)(F)F. The maximum atomic E-state index is 11.7. The van der Waals surface area contributed by atoms with Crippen molar-refractivity contribution in [2.75, 3.05) is 0 Å². The van der Waals surface area contributed by atoms with Crippen LogP contribution in [0.25, 0.3) is 0 Å². The second kappa shape index (κ2) is 4.03. The summed E-state index contributed by atoms with van der Waals surface area (Å²) >= 11 is 0. The number of halogens is 3. The Balaban J connectivity index is 2.46. The number of nitrogens with zero attached hydrogens (tertiary/aromatic N) is 2. The van der Waals surface area contributed by atoms with Crippen LogP contribution in [0.3, 0.4) is 0 Å². The topological polar surface area (TPSA) is 54.9 Å². The van der Waals surface area contributed by atoms with E-state index >= 15 is 0 Å². The van der Waals surface area contributed by atoms with Crippen molar-refractivity contribution >= 4 is 5.91 Å². The molecule has 0 saturated heterocycles. The molecule has 0 aliphatic heterocycles. The summed E-state index contributed by atoms with van der Waals surface area (Å²) in [6, 6.07) is 1.41. The highest BCUT2D eigenvalue weighted by atomic mass is 19.4. The van der Waals surface area contributed by atoms with Gasteiger partial charge in [0.1, 0.15) is 6.33 Å². The second-order valence-electron chi connectivity index (χ2n) is 2.38. The summed E-state index contributed by atoms with van der Waals surface area (Å²) in [5.74, 6) is -1.98. The lowest BCUT2D eigenvalue weighted by Gasteiger charge is -2.06. The first-order chi connectivity index (χ1) is 6.50. The molecule has 0 saturated carbocycles. The van der Waals surface area contributed by atoms with E-state index in [1.165, 1.54) is 18.6 Å². The Morgan fingerprint density at radius 3 is 2.71 bits per heavy atom. The van der Waals surface area contributed by atoms with E-state index in [1.54, 1.807) is 5.32 Å². The van der Waals surface area contributed by atoms with Gasteiger partial charge in [0.05, 0.1) is 12.2 Å². The minimum atomic E-state index is -4.85. The van der Waals surface area contributed by atoms with Crippen LogP contribution in [-0.4, -0.2) is 22.1 Å². The number of nitrogens with one attached hydrogen (secondary N) is 1. The number of alkyl halides is 3. The maximum Gasteiger partial charge on any atom is 0.471 e. The van der Waals surface area contributed by atoms with E-state index in [2.05, 4.69) is 9.97 Å². The summed E-state index contributed by atoms with van der Waals surface area (Å²) < 4.78 is 35.1. The summed E-state index contributed by atoms with van der Waals surface area (Å²) in [5, 5.41) is 1.68. The van der Waals surface area contributed by atoms with Crippen molar-refractivity contribution in [3.05, 3.63) is 24.3 Å². The van der Waals surface area contributed by atoms with Crippen molar-refractivity contribution in [2.45, 2.75) is 12.7 Å². The number of aromatic nitrogens is 2.